The Hall–Kier alpha value is -2.45. The van der Waals surface area contributed by atoms with E-state index >= 15 is 0 Å². The van der Waals surface area contributed by atoms with Gasteiger partial charge in [-0.2, -0.15) is 4.84 Å². The molecule has 2 aromatic rings. The molecule has 0 amide bonds. The van der Waals surface area contributed by atoms with Gasteiger partial charge in [-0.15, -0.1) is 4.65 Å². The largest absolute Gasteiger partial charge is 0.489 e. The van der Waals surface area contributed by atoms with E-state index in [-0.39, 0.29) is 16.6 Å². The van der Waals surface area contributed by atoms with E-state index in [1.54, 1.807) is 30.1 Å². The van der Waals surface area contributed by atoms with E-state index in [0.717, 1.165) is 31.7 Å². The average Bonchev–Trinajstić information content (AvgIpc) is 3.30. The van der Waals surface area contributed by atoms with Crippen LogP contribution in [0.15, 0.2) is 42.5 Å². The number of carbonyl (C=O) groups is 2. The SMILES string of the molecule is CC(=O)OOC(=O)[C@H]1[C@H]([C@@H]2CC=C[C@@H]3CCCC[C@@]32O)[C@@]2(O)c3cc(C)cc(Cl)c3[N@@+](C)(C(C)CN(C)CCOc3c(Cl)cccc3Cl)O[C@H]2N1C. The third-order valence-corrected chi connectivity index (χ3v) is 12.7. The number of fused-ring (bicyclic) bond motifs is 4. The fraction of sp³-hybridized carbons (Fsp3) is 0.579. The number of hydrogen-bond donors (Lipinski definition) is 2. The number of benzene rings is 2. The Labute approximate surface area is 320 Å². The minimum atomic E-state index is -1.83. The van der Waals surface area contributed by atoms with E-state index in [1.165, 1.54) is 0 Å². The second kappa shape index (κ2) is 15.0. The van der Waals surface area contributed by atoms with Gasteiger partial charge in [-0.25, -0.2) is 19.4 Å². The van der Waals surface area contributed by atoms with Gasteiger partial charge in [0.05, 0.1) is 27.8 Å². The lowest BCUT2D eigenvalue weighted by Gasteiger charge is -2.54. The molecule has 2 N–H and O–H groups in total. The second-order valence-corrected chi connectivity index (χ2v) is 16.4. The molecule has 14 heteroatoms. The first-order valence-corrected chi connectivity index (χ1v) is 19.0. The Kier molecular flexibility index (Phi) is 11.3. The van der Waals surface area contributed by atoms with Gasteiger partial charge in [-0.3, -0.25) is 9.80 Å². The third kappa shape index (κ3) is 6.75. The first kappa shape index (κ1) is 39.2. The third-order valence-electron chi connectivity index (χ3n) is 11.8. The van der Waals surface area contributed by atoms with E-state index < -0.39 is 47.2 Å². The van der Waals surface area contributed by atoms with Crippen molar-refractivity contribution in [3.05, 3.63) is 68.7 Å². The minimum absolute atomic E-state index is 0.136. The number of aryl methyl sites for hydroxylation is 1. The summed E-state index contributed by atoms with van der Waals surface area (Å²) >= 11 is 19.8. The number of carbonyl (C=O) groups excluding carboxylic acids is 2. The van der Waals surface area contributed by atoms with Gasteiger partial charge in [0.25, 0.3) is 0 Å². The summed E-state index contributed by atoms with van der Waals surface area (Å²) in [5.74, 6) is -2.87. The van der Waals surface area contributed by atoms with E-state index in [2.05, 4.69) is 11.0 Å². The van der Waals surface area contributed by atoms with Crippen LogP contribution in [0.2, 0.25) is 15.1 Å². The van der Waals surface area contributed by atoms with Gasteiger partial charge in [0.1, 0.15) is 36.4 Å². The van der Waals surface area contributed by atoms with Crippen molar-refractivity contribution >= 4 is 52.4 Å². The number of likely N-dealkylation sites (N-methyl/N-ethyl adjacent to an activating group) is 3. The number of halogens is 3. The molecule has 2 aromatic carbocycles. The zero-order valence-electron chi connectivity index (χ0n) is 30.5. The number of rotatable bonds is 9. The highest BCUT2D eigenvalue weighted by Crippen LogP contribution is 2.62. The second-order valence-electron chi connectivity index (χ2n) is 15.2. The van der Waals surface area contributed by atoms with Crippen LogP contribution in [0.1, 0.15) is 57.1 Å². The molecule has 2 fully saturated rings. The molecule has 2 aliphatic heterocycles. The molecule has 0 bridgehead atoms. The lowest BCUT2D eigenvalue weighted by molar-refractivity contribution is -0.291. The molecule has 52 heavy (non-hydrogen) atoms. The maximum absolute atomic E-state index is 14.0. The highest BCUT2D eigenvalue weighted by atomic mass is 35.5. The summed E-state index contributed by atoms with van der Waals surface area (Å²) in [5.41, 5.74) is -1.13. The Morgan fingerprint density at radius 1 is 1.13 bits per heavy atom. The number of ether oxygens (including phenoxy) is 1. The Balaban J connectivity index is 1.38. The van der Waals surface area contributed by atoms with Gasteiger partial charge in [-0.05, 0) is 83.0 Å². The molecule has 0 aromatic heterocycles. The van der Waals surface area contributed by atoms with Crippen LogP contribution in [0.25, 0.3) is 0 Å². The summed E-state index contributed by atoms with van der Waals surface area (Å²) < 4.78 is 5.81. The molecule has 1 saturated carbocycles. The summed E-state index contributed by atoms with van der Waals surface area (Å²) in [7, 11) is 5.56. The first-order valence-electron chi connectivity index (χ1n) is 17.9. The molecule has 2 heterocycles. The quantitative estimate of drug-likeness (QED) is 0.132. The molecule has 2 aliphatic carbocycles. The van der Waals surface area contributed by atoms with Crippen molar-refractivity contribution in [2.75, 3.05) is 40.8 Å². The fourth-order valence-corrected chi connectivity index (χ4v) is 10.2. The molecule has 0 radical (unpaired) electrons. The van der Waals surface area contributed by atoms with E-state index in [0.29, 0.717) is 64.6 Å². The summed E-state index contributed by atoms with van der Waals surface area (Å²) in [6.07, 6.45) is 6.54. The molecular formula is C38H49Cl3N3O8+. The van der Waals surface area contributed by atoms with E-state index in [9.17, 15) is 19.8 Å². The van der Waals surface area contributed by atoms with E-state index in [1.807, 2.05) is 46.2 Å². The maximum Gasteiger partial charge on any atom is 0.373 e. The van der Waals surface area contributed by atoms with Crippen molar-refractivity contribution in [2.24, 2.45) is 17.8 Å². The number of allylic oxidation sites excluding steroid dienone is 1. The summed E-state index contributed by atoms with van der Waals surface area (Å²) in [4.78, 5) is 46.4. The van der Waals surface area contributed by atoms with Crippen LogP contribution >= 0.6 is 34.8 Å². The lowest BCUT2D eigenvalue weighted by atomic mass is 9.57. The number of likely N-dealkylation sites (tertiary alicyclic amines) is 1. The van der Waals surface area contributed by atoms with Crippen LogP contribution < -0.4 is 9.38 Å². The number of para-hydroxylation sites is 1. The van der Waals surface area contributed by atoms with Crippen LogP contribution in [-0.4, -0.2) is 96.7 Å². The summed E-state index contributed by atoms with van der Waals surface area (Å²) in [5, 5.41) is 27.2. The van der Waals surface area contributed by atoms with Crippen molar-refractivity contribution < 1.29 is 39.2 Å². The number of hydrogen-bond acceptors (Lipinski definition) is 10. The minimum Gasteiger partial charge on any atom is -0.489 e. The molecular weight excluding hydrogens is 733 g/mol. The molecule has 1 saturated heterocycles. The standard InChI is InChI=1S/C38H49Cl3N3O8/c1-22-19-27-33(30(41)20-22)44(6,23(2)21-42(4)17-18-49-34-28(39)14-10-15-29(34)40)50-36-38(27,48)31(32(43(36)5)35(46)52-51-24(3)45)26-13-9-12-25-11-7-8-16-37(25,26)47/h9-10,12,14-15,19-20,23,25-26,31-32,36,47-48H,7-8,11,13,16-18,21H2,1-6H3/q+1/t23?,25-,26-,31-,32+,36+,37+,38-,44+/m0/s1. The van der Waals surface area contributed by atoms with Gasteiger partial charge < -0.3 is 14.9 Å². The molecule has 6 rings (SSSR count). The first-order chi connectivity index (χ1) is 24.5. The van der Waals surface area contributed by atoms with Gasteiger partial charge in [0.2, 0.25) is 6.23 Å². The van der Waals surface area contributed by atoms with Gasteiger partial charge >= 0.3 is 11.9 Å². The van der Waals surface area contributed by atoms with Crippen molar-refractivity contribution in [3.8, 4) is 5.75 Å². The Bertz CT molecular complexity index is 1710. The maximum atomic E-state index is 14.0. The zero-order valence-corrected chi connectivity index (χ0v) is 32.7. The molecule has 11 nitrogen and oxygen atoms in total. The Morgan fingerprint density at radius 2 is 1.85 bits per heavy atom. The molecule has 4 aliphatic rings. The number of aliphatic hydroxyl groups is 2. The monoisotopic (exact) mass is 780 g/mol. The highest BCUT2D eigenvalue weighted by molar-refractivity contribution is 6.37. The van der Waals surface area contributed by atoms with Crippen LogP contribution in [0.5, 0.6) is 5.75 Å². The van der Waals surface area contributed by atoms with Gasteiger partial charge in [-0.1, -0.05) is 65.9 Å². The predicted octanol–water partition coefficient (Wildman–Crippen LogP) is 6.20. The zero-order chi connectivity index (χ0) is 37.7. The van der Waals surface area contributed by atoms with Crippen molar-refractivity contribution in [1.82, 2.24) is 14.4 Å². The van der Waals surface area contributed by atoms with Crippen LogP contribution in [0.3, 0.4) is 0 Å². The smallest absolute Gasteiger partial charge is 0.373 e. The molecule has 0 spiro atoms. The van der Waals surface area contributed by atoms with Crippen molar-refractivity contribution in [3.63, 3.8) is 0 Å². The highest BCUT2D eigenvalue weighted by Gasteiger charge is 2.73. The normalized spacial score (nSPS) is 33.2. The molecule has 1 unspecified atom stereocenters. The van der Waals surface area contributed by atoms with Crippen LogP contribution in [0.4, 0.5) is 5.69 Å². The lowest BCUT2D eigenvalue weighted by Crippen LogP contribution is -2.66. The van der Waals surface area contributed by atoms with Crippen LogP contribution in [-0.2, 0) is 29.8 Å². The number of nitrogens with zero attached hydrogens (tertiary/aromatic N) is 3. The van der Waals surface area contributed by atoms with Gasteiger partial charge in [0, 0.05) is 25.3 Å². The van der Waals surface area contributed by atoms with Crippen LogP contribution in [0, 0.1) is 24.7 Å². The Morgan fingerprint density at radius 3 is 2.54 bits per heavy atom. The fourth-order valence-electron chi connectivity index (χ4n) is 9.25. The van der Waals surface area contributed by atoms with Crippen molar-refractivity contribution in [1.29, 1.82) is 0 Å². The average molecular weight is 782 g/mol. The summed E-state index contributed by atoms with van der Waals surface area (Å²) in [6.45, 7) is 6.46. The van der Waals surface area contributed by atoms with E-state index in [4.69, 9.17) is 54.2 Å². The topological polar surface area (TPSA) is 118 Å². The molecule has 284 valence electrons. The summed E-state index contributed by atoms with van der Waals surface area (Å²) in [6, 6.07) is 7.55. The number of quaternary nitrogens is 1. The molecule has 9 atom stereocenters. The predicted molar refractivity (Wildman–Crippen MR) is 199 cm³/mol. The van der Waals surface area contributed by atoms with Gasteiger partial charge in [0.15, 0.2) is 11.4 Å². The van der Waals surface area contributed by atoms with Crippen molar-refractivity contribution in [2.45, 2.75) is 82.4 Å². The number of hydroxylamine groups is 2.